The summed E-state index contributed by atoms with van der Waals surface area (Å²) in [7, 11) is 0. The highest BCUT2D eigenvalue weighted by Crippen LogP contribution is 2.32. The number of aromatic nitrogens is 2. The first-order valence-electron chi connectivity index (χ1n) is 13.5. The maximum Gasteiger partial charge on any atom is 0.410 e. The second kappa shape index (κ2) is 11.5. The Hall–Kier alpha value is -4.03. The number of hydrazine groups is 1. The lowest BCUT2D eigenvalue weighted by molar-refractivity contribution is -0.128. The average molecular weight is 569 g/mol. The number of carbonyl (C=O) groups excluding carboxylic acids is 2. The Morgan fingerprint density at radius 2 is 1.73 bits per heavy atom. The van der Waals surface area contributed by atoms with Gasteiger partial charge >= 0.3 is 6.09 Å². The van der Waals surface area contributed by atoms with Crippen molar-refractivity contribution in [3.63, 3.8) is 0 Å². The first kappa shape index (κ1) is 28.5. The van der Waals surface area contributed by atoms with Crippen molar-refractivity contribution in [1.82, 2.24) is 25.0 Å². The third-order valence-corrected chi connectivity index (χ3v) is 7.25. The summed E-state index contributed by atoms with van der Waals surface area (Å²) in [5, 5.41) is 4.78. The van der Waals surface area contributed by atoms with Crippen molar-refractivity contribution in [2.24, 2.45) is 11.8 Å². The molecule has 0 radical (unpaired) electrons. The normalized spacial score (nSPS) is 19.9. The molecule has 10 nitrogen and oxygen atoms in total. The number of amides is 2. The van der Waals surface area contributed by atoms with Gasteiger partial charge in [-0.25, -0.2) is 19.4 Å². The molecule has 2 unspecified atom stereocenters. The lowest BCUT2D eigenvalue weighted by Crippen LogP contribution is -2.64. The molecule has 3 heterocycles. The summed E-state index contributed by atoms with van der Waals surface area (Å²) in [5.41, 5.74) is 3.27. The van der Waals surface area contributed by atoms with Crippen LogP contribution in [-0.2, 0) is 9.53 Å². The lowest BCUT2D eigenvalue weighted by Gasteiger charge is -2.49. The molecule has 2 aliphatic rings. The Kier molecular flexibility index (Phi) is 7.96. The molecule has 2 amide bonds. The minimum atomic E-state index is -0.782. The Morgan fingerprint density at radius 1 is 1.00 bits per heavy atom. The molecule has 3 aromatic rings. The van der Waals surface area contributed by atoms with Crippen LogP contribution in [0.25, 0.3) is 11.3 Å². The zero-order valence-electron chi connectivity index (χ0n) is 23.2. The van der Waals surface area contributed by atoms with E-state index in [1.807, 2.05) is 37.7 Å². The van der Waals surface area contributed by atoms with E-state index in [1.54, 1.807) is 29.2 Å². The second-order valence-corrected chi connectivity index (χ2v) is 11.5. The summed E-state index contributed by atoms with van der Waals surface area (Å²) in [6.45, 7) is 7.77. The zero-order valence-corrected chi connectivity index (χ0v) is 23.2. The van der Waals surface area contributed by atoms with E-state index in [4.69, 9.17) is 20.4 Å². The Balaban J connectivity index is 1.25. The van der Waals surface area contributed by atoms with E-state index >= 15 is 0 Å². The van der Waals surface area contributed by atoms with E-state index in [0.717, 1.165) is 23.4 Å². The van der Waals surface area contributed by atoms with Crippen LogP contribution in [0, 0.1) is 17.6 Å². The minimum Gasteiger partial charge on any atom is -0.454 e. The monoisotopic (exact) mass is 568 g/mol. The van der Waals surface area contributed by atoms with Gasteiger partial charge in [0.1, 0.15) is 17.2 Å². The molecule has 2 aromatic carbocycles. The zero-order chi connectivity index (χ0) is 29.3. The predicted octanol–water partition coefficient (Wildman–Crippen LogP) is 4.09. The smallest absolute Gasteiger partial charge is 0.410 e. The molecule has 12 heteroatoms. The molecule has 0 bridgehead atoms. The molecular weight excluding hydrogens is 534 g/mol. The first-order valence-corrected chi connectivity index (χ1v) is 13.5. The van der Waals surface area contributed by atoms with Gasteiger partial charge in [-0.15, -0.1) is 0 Å². The molecule has 0 saturated carbocycles. The average Bonchev–Trinajstić information content (AvgIpc) is 3.39. The van der Waals surface area contributed by atoms with Crippen molar-refractivity contribution in [2.75, 3.05) is 26.2 Å². The van der Waals surface area contributed by atoms with Crippen LogP contribution in [0.15, 0.2) is 54.7 Å². The van der Waals surface area contributed by atoms with Gasteiger partial charge in [-0.05, 0) is 69.7 Å². The van der Waals surface area contributed by atoms with Crippen LogP contribution in [0.1, 0.15) is 33.2 Å². The van der Waals surface area contributed by atoms with Gasteiger partial charge in [0.2, 0.25) is 5.91 Å². The molecule has 1 aromatic heterocycles. The number of nitrogens with zero attached hydrogens (tertiary/aromatic N) is 4. The third kappa shape index (κ3) is 6.66. The summed E-state index contributed by atoms with van der Waals surface area (Å²) in [6.07, 6.45) is 2.11. The molecule has 41 heavy (non-hydrogen) atoms. The first-order chi connectivity index (χ1) is 19.5. The van der Waals surface area contributed by atoms with Gasteiger partial charge in [-0.3, -0.25) is 19.8 Å². The summed E-state index contributed by atoms with van der Waals surface area (Å²) in [5.74, 6) is 3.79. The van der Waals surface area contributed by atoms with Crippen molar-refractivity contribution in [3.05, 3.63) is 66.4 Å². The van der Waals surface area contributed by atoms with Gasteiger partial charge in [0.05, 0.1) is 17.7 Å². The van der Waals surface area contributed by atoms with Crippen LogP contribution >= 0.6 is 0 Å². The number of benzene rings is 2. The van der Waals surface area contributed by atoms with Crippen molar-refractivity contribution < 1.29 is 27.8 Å². The highest BCUT2D eigenvalue weighted by atomic mass is 19.1. The molecule has 2 aliphatic heterocycles. The van der Waals surface area contributed by atoms with Crippen LogP contribution in [0.3, 0.4) is 0 Å². The molecule has 2 saturated heterocycles. The van der Waals surface area contributed by atoms with Gasteiger partial charge in [0, 0.05) is 50.0 Å². The largest absolute Gasteiger partial charge is 0.454 e. The number of nitrogens with one attached hydrogen (secondary N) is 1. The maximum atomic E-state index is 13.9. The molecule has 0 aliphatic carbocycles. The Labute approximate surface area is 237 Å². The fraction of sp³-hybridized carbons (Fsp3) is 0.414. The number of hydrogen-bond donors (Lipinski definition) is 2. The van der Waals surface area contributed by atoms with Crippen LogP contribution in [0.5, 0.6) is 11.5 Å². The summed E-state index contributed by atoms with van der Waals surface area (Å²) in [6, 6.07) is 12.0. The molecule has 218 valence electrons. The molecule has 3 N–H and O–H groups in total. The molecule has 0 spiro atoms. The Bertz CT molecular complexity index is 1400. The number of carbonyl (C=O) groups is 2. The number of ether oxygens (including phenoxy) is 2. The van der Waals surface area contributed by atoms with E-state index in [-0.39, 0.29) is 35.8 Å². The standard InChI is InChI=1S/C29H34F2N6O4/c1-29(2,3)41-28(39)36-16-22(17-36)35-14-19(27(38)33-32)12-21(15-35)37-11-10-25(34-37)18-4-7-23(8-5-18)40-26-9-6-20(30)13-24(26)31/h4-11,13,19,21-22H,12,14-17,32H2,1-3H3,(H,33,38). The topological polar surface area (TPSA) is 115 Å². The number of piperidine rings is 1. The van der Waals surface area contributed by atoms with Crippen molar-refractivity contribution >= 4 is 12.0 Å². The highest BCUT2D eigenvalue weighted by Gasteiger charge is 2.42. The van der Waals surface area contributed by atoms with Crippen LogP contribution in [-0.4, -0.2) is 69.4 Å². The SMILES string of the molecule is CC(C)(C)OC(=O)N1CC(N2CC(C(=O)NN)CC(n3ccc(-c4ccc(Oc5ccc(F)cc5F)cc4)n3)C2)C1. The summed E-state index contributed by atoms with van der Waals surface area (Å²) in [4.78, 5) is 28.8. The number of likely N-dealkylation sites (tertiary alicyclic amines) is 2. The van der Waals surface area contributed by atoms with Gasteiger partial charge in [-0.1, -0.05) is 0 Å². The van der Waals surface area contributed by atoms with Crippen molar-refractivity contribution in [1.29, 1.82) is 0 Å². The van der Waals surface area contributed by atoms with Gasteiger partial charge in [-0.2, -0.15) is 5.10 Å². The fourth-order valence-electron chi connectivity index (χ4n) is 5.14. The summed E-state index contributed by atoms with van der Waals surface area (Å²) < 4.78 is 40.0. The molecular formula is C29H34F2N6O4. The lowest BCUT2D eigenvalue weighted by atomic mass is 9.91. The van der Waals surface area contributed by atoms with E-state index < -0.39 is 17.2 Å². The Morgan fingerprint density at radius 3 is 2.39 bits per heavy atom. The quantitative estimate of drug-likeness (QED) is 0.262. The number of nitrogens with two attached hydrogens (primary N) is 1. The van der Waals surface area contributed by atoms with Gasteiger partial charge in [0.15, 0.2) is 11.6 Å². The highest BCUT2D eigenvalue weighted by molar-refractivity contribution is 5.78. The van der Waals surface area contributed by atoms with E-state index in [9.17, 15) is 18.4 Å². The van der Waals surface area contributed by atoms with E-state index in [0.29, 0.717) is 38.3 Å². The van der Waals surface area contributed by atoms with Crippen molar-refractivity contribution in [3.8, 4) is 22.8 Å². The second-order valence-electron chi connectivity index (χ2n) is 11.5. The molecule has 2 fully saturated rings. The van der Waals surface area contributed by atoms with Crippen LogP contribution in [0.2, 0.25) is 0 Å². The number of hydrogen-bond acceptors (Lipinski definition) is 7. The number of rotatable bonds is 6. The van der Waals surface area contributed by atoms with Crippen LogP contribution < -0.4 is 16.0 Å². The minimum absolute atomic E-state index is 0.0676. The van der Waals surface area contributed by atoms with E-state index in [2.05, 4.69) is 10.3 Å². The van der Waals surface area contributed by atoms with Crippen molar-refractivity contribution in [2.45, 2.75) is 44.9 Å². The summed E-state index contributed by atoms with van der Waals surface area (Å²) >= 11 is 0. The predicted molar refractivity (Wildman–Crippen MR) is 147 cm³/mol. The number of halogens is 2. The fourth-order valence-corrected chi connectivity index (χ4v) is 5.14. The maximum absolute atomic E-state index is 13.9. The molecule has 2 atom stereocenters. The van der Waals surface area contributed by atoms with Gasteiger partial charge < -0.3 is 14.4 Å². The molecule has 5 rings (SSSR count). The van der Waals surface area contributed by atoms with Gasteiger partial charge in [0.25, 0.3) is 0 Å². The van der Waals surface area contributed by atoms with Crippen LogP contribution in [0.4, 0.5) is 13.6 Å². The van der Waals surface area contributed by atoms with E-state index in [1.165, 1.54) is 6.07 Å². The third-order valence-electron chi connectivity index (χ3n) is 7.25.